The molecular weight excluding hydrogens is 350 g/mol. The number of ether oxygens (including phenoxy) is 1. The maximum Gasteiger partial charge on any atom is 0.0988 e. The van der Waals surface area contributed by atoms with E-state index in [-0.39, 0.29) is 0 Å². The monoisotopic (exact) mass is 377 g/mol. The zero-order valence-corrected chi connectivity index (χ0v) is 16.3. The van der Waals surface area contributed by atoms with Gasteiger partial charge in [0.15, 0.2) is 0 Å². The Labute approximate surface area is 166 Å². The third-order valence-electron chi connectivity index (χ3n) is 5.17. The van der Waals surface area contributed by atoms with Gasteiger partial charge in [0.25, 0.3) is 0 Å². The van der Waals surface area contributed by atoms with Gasteiger partial charge in [-0.05, 0) is 31.2 Å². The van der Waals surface area contributed by atoms with E-state index in [4.69, 9.17) is 9.84 Å². The Morgan fingerprint density at radius 2 is 1.93 bits per heavy atom. The molecule has 1 aromatic carbocycles. The number of nitrogens with zero attached hydrogens (tertiary/aromatic N) is 4. The lowest BCUT2D eigenvalue weighted by atomic mass is 10.1. The lowest BCUT2D eigenvalue weighted by molar-refractivity contribution is 0.0203. The Morgan fingerprint density at radius 1 is 1.11 bits per heavy atom. The third-order valence-corrected chi connectivity index (χ3v) is 5.17. The quantitative estimate of drug-likeness (QED) is 0.686. The maximum atomic E-state index is 5.45. The molecule has 6 nitrogen and oxygen atoms in total. The minimum absolute atomic E-state index is 0.481. The molecule has 1 fully saturated rings. The van der Waals surface area contributed by atoms with E-state index < -0.39 is 0 Å². The third kappa shape index (κ3) is 4.47. The van der Waals surface area contributed by atoms with Crippen LogP contribution in [0, 0.1) is 0 Å². The van der Waals surface area contributed by atoms with E-state index in [1.165, 1.54) is 5.56 Å². The fourth-order valence-corrected chi connectivity index (χ4v) is 3.56. The van der Waals surface area contributed by atoms with Gasteiger partial charge in [-0.15, -0.1) is 0 Å². The Hall–Kier alpha value is -2.54. The van der Waals surface area contributed by atoms with Crippen LogP contribution >= 0.6 is 0 Å². The van der Waals surface area contributed by atoms with Gasteiger partial charge >= 0.3 is 0 Å². The average Bonchev–Trinajstić information content (AvgIpc) is 3.20. The number of nitrogens with one attached hydrogen (secondary N) is 1. The van der Waals surface area contributed by atoms with Crippen LogP contribution in [0.3, 0.4) is 0 Å². The Bertz CT molecular complexity index is 859. The highest BCUT2D eigenvalue weighted by Crippen LogP contribution is 2.23. The van der Waals surface area contributed by atoms with Gasteiger partial charge in [-0.3, -0.25) is 9.88 Å². The van der Waals surface area contributed by atoms with Crippen LogP contribution in [0.25, 0.3) is 16.9 Å². The largest absolute Gasteiger partial charge is 0.379 e. The van der Waals surface area contributed by atoms with Crippen molar-refractivity contribution in [3.05, 3.63) is 66.6 Å². The molecule has 3 heterocycles. The highest BCUT2D eigenvalue weighted by molar-refractivity contribution is 5.62. The predicted octanol–water partition coefficient (Wildman–Crippen LogP) is 2.74. The number of hydrogen-bond acceptors (Lipinski definition) is 5. The number of morpholine rings is 1. The van der Waals surface area contributed by atoms with E-state index in [1.807, 2.05) is 35.1 Å². The van der Waals surface area contributed by atoms with Crippen LogP contribution in [0.4, 0.5) is 0 Å². The summed E-state index contributed by atoms with van der Waals surface area (Å²) in [5.74, 6) is 0. The second kappa shape index (κ2) is 9.10. The molecule has 28 heavy (non-hydrogen) atoms. The van der Waals surface area contributed by atoms with Gasteiger partial charge in [0.05, 0.1) is 24.6 Å². The first-order valence-electron chi connectivity index (χ1n) is 9.88. The van der Waals surface area contributed by atoms with Crippen molar-refractivity contribution in [1.29, 1.82) is 0 Å². The van der Waals surface area contributed by atoms with Crippen molar-refractivity contribution >= 4 is 0 Å². The van der Waals surface area contributed by atoms with E-state index in [9.17, 15) is 0 Å². The highest BCUT2D eigenvalue weighted by atomic mass is 16.5. The van der Waals surface area contributed by atoms with Gasteiger partial charge in [0.1, 0.15) is 0 Å². The number of hydrogen-bond donors (Lipinski definition) is 1. The molecule has 1 aliphatic rings. The summed E-state index contributed by atoms with van der Waals surface area (Å²) in [7, 11) is 0. The van der Waals surface area contributed by atoms with Crippen LogP contribution in [0.1, 0.15) is 12.5 Å². The zero-order valence-electron chi connectivity index (χ0n) is 16.3. The van der Waals surface area contributed by atoms with E-state index in [0.717, 1.165) is 56.3 Å². The summed E-state index contributed by atoms with van der Waals surface area (Å²) in [6.07, 6.45) is 5.78. The van der Waals surface area contributed by atoms with Crippen molar-refractivity contribution in [1.82, 2.24) is 25.0 Å². The Balaban J connectivity index is 1.49. The van der Waals surface area contributed by atoms with Crippen LogP contribution in [0.2, 0.25) is 0 Å². The van der Waals surface area contributed by atoms with E-state index in [2.05, 4.69) is 46.5 Å². The van der Waals surface area contributed by atoms with Crippen molar-refractivity contribution in [3.63, 3.8) is 0 Å². The lowest BCUT2D eigenvalue weighted by Crippen LogP contribution is -2.46. The van der Waals surface area contributed by atoms with Gasteiger partial charge in [-0.1, -0.05) is 18.2 Å². The number of rotatable bonds is 7. The molecule has 1 atom stereocenters. The fourth-order valence-electron chi connectivity index (χ4n) is 3.56. The summed E-state index contributed by atoms with van der Waals surface area (Å²) in [4.78, 5) is 6.74. The van der Waals surface area contributed by atoms with Gasteiger partial charge in [0, 0.05) is 61.9 Å². The summed E-state index contributed by atoms with van der Waals surface area (Å²) in [6.45, 7) is 7.66. The highest BCUT2D eigenvalue weighted by Gasteiger charge is 2.17. The summed E-state index contributed by atoms with van der Waals surface area (Å²) < 4.78 is 7.40. The molecule has 4 rings (SSSR count). The normalized spacial score (nSPS) is 16.2. The molecule has 1 saturated heterocycles. The number of aromatic nitrogens is 3. The predicted molar refractivity (Wildman–Crippen MR) is 110 cm³/mol. The molecule has 1 N–H and O–H groups in total. The van der Waals surface area contributed by atoms with E-state index in [0.29, 0.717) is 6.04 Å². The van der Waals surface area contributed by atoms with E-state index >= 15 is 0 Å². The Kier molecular flexibility index (Phi) is 6.11. The van der Waals surface area contributed by atoms with Gasteiger partial charge < -0.3 is 10.1 Å². The van der Waals surface area contributed by atoms with Gasteiger partial charge in [-0.25, -0.2) is 4.68 Å². The molecule has 3 aromatic rings. The summed E-state index contributed by atoms with van der Waals surface area (Å²) in [6, 6.07) is 14.7. The molecule has 146 valence electrons. The molecule has 1 aliphatic heterocycles. The first-order valence-corrected chi connectivity index (χ1v) is 9.88. The number of benzene rings is 1. The van der Waals surface area contributed by atoms with Crippen molar-refractivity contribution in [2.24, 2.45) is 0 Å². The second-order valence-corrected chi connectivity index (χ2v) is 7.15. The second-order valence-electron chi connectivity index (χ2n) is 7.15. The van der Waals surface area contributed by atoms with Crippen molar-refractivity contribution in [2.45, 2.75) is 19.5 Å². The molecule has 1 unspecified atom stereocenters. The minimum atomic E-state index is 0.481. The first-order chi connectivity index (χ1) is 13.8. The maximum absolute atomic E-state index is 5.45. The molecule has 0 radical (unpaired) electrons. The molecule has 0 amide bonds. The summed E-state index contributed by atoms with van der Waals surface area (Å²) in [5, 5.41) is 8.47. The molecular formula is C22H27N5O. The smallest absolute Gasteiger partial charge is 0.0988 e. The average molecular weight is 377 g/mol. The minimum Gasteiger partial charge on any atom is -0.379 e. The number of pyridine rings is 1. The van der Waals surface area contributed by atoms with Crippen LogP contribution in [-0.4, -0.2) is 58.6 Å². The van der Waals surface area contributed by atoms with Crippen LogP contribution in [0.15, 0.2) is 61.1 Å². The summed E-state index contributed by atoms with van der Waals surface area (Å²) >= 11 is 0. The SMILES string of the molecule is CC(CNCc1cn(-c2ccccc2)nc1-c1cccnc1)N1CCOCC1. The van der Waals surface area contributed by atoms with Crippen molar-refractivity contribution in [2.75, 3.05) is 32.8 Å². The molecule has 0 spiro atoms. The lowest BCUT2D eigenvalue weighted by Gasteiger charge is -2.32. The molecule has 0 aliphatic carbocycles. The van der Waals surface area contributed by atoms with Gasteiger partial charge in [-0.2, -0.15) is 5.10 Å². The molecule has 0 bridgehead atoms. The van der Waals surface area contributed by atoms with Crippen LogP contribution in [0.5, 0.6) is 0 Å². The topological polar surface area (TPSA) is 55.2 Å². The fraction of sp³-hybridized carbons (Fsp3) is 0.364. The van der Waals surface area contributed by atoms with Crippen LogP contribution < -0.4 is 5.32 Å². The molecule has 2 aromatic heterocycles. The first kappa shape index (κ1) is 18.8. The zero-order chi connectivity index (χ0) is 19.2. The molecule has 0 saturated carbocycles. The van der Waals surface area contributed by atoms with Gasteiger partial charge in [0.2, 0.25) is 0 Å². The van der Waals surface area contributed by atoms with Crippen molar-refractivity contribution in [3.8, 4) is 16.9 Å². The summed E-state index contributed by atoms with van der Waals surface area (Å²) in [5.41, 5.74) is 4.24. The Morgan fingerprint density at radius 3 is 2.68 bits per heavy atom. The van der Waals surface area contributed by atoms with Crippen LogP contribution in [-0.2, 0) is 11.3 Å². The number of para-hydroxylation sites is 1. The van der Waals surface area contributed by atoms with E-state index in [1.54, 1.807) is 6.20 Å². The molecule has 6 heteroatoms. The standard InChI is InChI=1S/C22H27N5O/c1-18(26-10-12-28-13-11-26)14-24-16-20-17-27(21-7-3-2-4-8-21)25-22(20)19-6-5-9-23-15-19/h2-9,15,17-18,24H,10-14,16H2,1H3. The van der Waals surface area contributed by atoms with Crippen molar-refractivity contribution < 1.29 is 4.74 Å².